The van der Waals surface area contributed by atoms with E-state index in [9.17, 15) is 0 Å². The van der Waals surface area contributed by atoms with Crippen molar-refractivity contribution in [3.8, 4) is 0 Å². The molecular formula is C26H24OSi. The zero-order valence-corrected chi connectivity index (χ0v) is 17.0. The molecule has 0 saturated heterocycles. The topological polar surface area (TPSA) is 9.23 Å². The van der Waals surface area contributed by atoms with Crippen LogP contribution in [0.15, 0.2) is 121 Å². The van der Waals surface area contributed by atoms with Crippen LogP contribution in [0.1, 0.15) is 17.2 Å². The van der Waals surface area contributed by atoms with Gasteiger partial charge in [0.25, 0.3) is 8.32 Å². The molecule has 4 rings (SSSR count). The van der Waals surface area contributed by atoms with Crippen molar-refractivity contribution in [3.05, 3.63) is 132 Å². The summed E-state index contributed by atoms with van der Waals surface area (Å²) in [6.45, 7) is 2.30. The maximum Gasteiger partial charge on any atom is 0.254 e. The van der Waals surface area contributed by atoms with E-state index in [1.807, 2.05) is 0 Å². The van der Waals surface area contributed by atoms with Crippen LogP contribution in [0.2, 0.25) is 6.55 Å². The third-order valence-electron chi connectivity index (χ3n) is 5.21. The van der Waals surface area contributed by atoms with Gasteiger partial charge in [-0.1, -0.05) is 121 Å². The largest absolute Gasteiger partial charge is 0.397 e. The van der Waals surface area contributed by atoms with Crippen molar-refractivity contribution in [3.63, 3.8) is 0 Å². The summed E-state index contributed by atoms with van der Waals surface area (Å²) in [5.41, 5.74) is 2.36. The minimum absolute atomic E-state index is 0.112. The van der Waals surface area contributed by atoms with Gasteiger partial charge < -0.3 is 4.43 Å². The third-order valence-corrected chi connectivity index (χ3v) is 8.78. The molecule has 0 radical (unpaired) electrons. The molecule has 0 aliphatic carbocycles. The van der Waals surface area contributed by atoms with Crippen molar-refractivity contribution in [2.24, 2.45) is 0 Å². The van der Waals surface area contributed by atoms with Gasteiger partial charge >= 0.3 is 0 Å². The molecule has 1 nitrogen and oxygen atoms in total. The summed E-state index contributed by atoms with van der Waals surface area (Å²) >= 11 is 0. The second-order valence-corrected chi connectivity index (χ2v) is 10.5. The van der Waals surface area contributed by atoms with Crippen molar-refractivity contribution >= 4 is 18.7 Å². The predicted molar refractivity (Wildman–Crippen MR) is 120 cm³/mol. The smallest absolute Gasteiger partial charge is 0.254 e. The Labute approximate surface area is 168 Å². The van der Waals surface area contributed by atoms with Gasteiger partial charge in [0.05, 0.1) is 6.10 Å². The molecule has 0 bridgehead atoms. The van der Waals surface area contributed by atoms with Crippen molar-refractivity contribution < 1.29 is 4.43 Å². The number of benzene rings is 4. The van der Waals surface area contributed by atoms with E-state index < -0.39 is 8.32 Å². The Hall–Kier alpha value is -2.94. The van der Waals surface area contributed by atoms with Crippen LogP contribution in [-0.2, 0) is 4.43 Å². The highest BCUT2D eigenvalue weighted by Crippen LogP contribution is 2.29. The summed E-state index contributed by atoms with van der Waals surface area (Å²) in [4.78, 5) is 0. The van der Waals surface area contributed by atoms with Crippen LogP contribution in [-0.4, -0.2) is 8.32 Å². The molecular weight excluding hydrogens is 356 g/mol. The van der Waals surface area contributed by atoms with E-state index in [0.717, 1.165) is 0 Å². The summed E-state index contributed by atoms with van der Waals surface area (Å²) in [5.74, 6) is 0. The Bertz CT molecular complexity index is 907. The van der Waals surface area contributed by atoms with Gasteiger partial charge in [0, 0.05) is 0 Å². The van der Waals surface area contributed by atoms with Gasteiger partial charge in [-0.15, -0.1) is 0 Å². The Kier molecular flexibility index (Phi) is 5.52. The van der Waals surface area contributed by atoms with Crippen LogP contribution in [0.3, 0.4) is 0 Å². The van der Waals surface area contributed by atoms with Gasteiger partial charge in [-0.3, -0.25) is 0 Å². The highest BCUT2D eigenvalue weighted by molar-refractivity contribution is 6.96. The molecule has 0 heterocycles. The van der Waals surface area contributed by atoms with Gasteiger partial charge in [0.15, 0.2) is 0 Å². The molecule has 0 spiro atoms. The van der Waals surface area contributed by atoms with Crippen LogP contribution in [0.25, 0.3) is 0 Å². The second kappa shape index (κ2) is 8.38. The standard InChI is InChI=1S/C26H24OSi/c1-28(24-18-10-4-11-19-24,25-20-12-5-13-21-25)27-26(22-14-6-2-7-15-22)23-16-8-3-9-17-23/h2-21,26H,1H3. The molecule has 0 unspecified atom stereocenters. The molecule has 0 aliphatic rings. The molecule has 4 aromatic carbocycles. The van der Waals surface area contributed by atoms with Crippen molar-refractivity contribution in [2.75, 3.05) is 0 Å². The Morgan fingerprint density at radius 3 is 1.18 bits per heavy atom. The van der Waals surface area contributed by atoms with Gasteiger partial charge in [-0.2, -0.15) is 0 Å². The maximum absolute atomic E-state index is 7.12. The molecule has 0 amide bonds. The van der Waals surface area contributed by atoms with Crippen LogP contribution in [0.4, 0.5) is 0 Å². The minimum Gasteiger partial charge on any atom is -0.397 e. The van der Waals surface area contributed by atoms with E-state index in [1.54, 1.807) is 0 Å². The molecule has 28 heavy (non-hydrogen) atoms. The second-order valence-electron chi connectivity index (χ2n) is 7.08. The van der Waals surface area contributed by atoms with Crippen molar-refractivity contribution in [1.29, 1.82) is 0 Å². The zero-order chi connectivity index (χ0) is 19.2. The van der Waals surface area contributed by atoms with Crippen molar-refractivity contribution in [2.45, 2.75) is 12.7 Å². The predicted octanol–water partition coefficient (Wildman–Crippen LogP) is 5.18. The normalized spacial score (nSPS) is 11.5. The van der Waals surface area contributed by atoms with Crippen LogP contribution in [0.5, 0.6) is 0 Å². The van der Waals surface area contributed by atoms with E-state index in [4.69, 9.17) is 4.43 Å². The lowest BCUT2D eigenvalue weighted by Crippen LogP contribution is -2.58. The lowest BCUT2D eigenvalue weighted by Gasteiger charge is -2.34. The molecule has 0 aliphatic heterocycles. The highest BCUT2D eigenvalue weighted by Gasteiger charge is 2.37. The van der Waals surface area contributed by atoms with Gasteiger partial charge in [0.2, 0.25) is 0 Å². The molecule has 0 aromatic heterocycles. The quantitative estimate of drug-likeness (QED) is 0.419. The summed E-state index contributed by atoms with van der Waals surface area (Å²) in [5, 5.41) is 2.55. The van der Waals surface area contributed by atoms with Crippen LogP contribution < -0.4 is 10.4 Å². The molecule has 0 fully saturated rings. The number of hydrogen-bond donors (Lipinski definition) is 0. The summed E-state index contributed by atoms with van der Waals surface area (Å²) < 4.78 is 7.12. The van der Waals surface area contributed by atoms with Gasteiger partial charge in [0.1, 0.15) is 0 Å². The van der Waals surface area contributed by atoms with Crippen molar-refractivity contribution in [1.82, 2.24) is 0 Å². The summed E-state index contributed by atoms with van der Waals surface area (Å²) in [7, 11) is -2.43. The summed E-state index contributed by atoms with van der Waals surface area (Å²) in [6, 6.07) is 42.4. The molecule has 138 valence electrons. The number of hydrogen-bond acceptors (Lipinski definition) is 1. The first-order valence-corrected chi connectivity index (χ1v) is 12.1. The van der Waals surface area contributed by atoms with Gasteiger partial charge in [-0.25, -0.2) is 0 Å². The molecule has 2 heteroatoms. The monoisotopic (exact) mass is 380 g/mol. The fourth-order valence-corrected chi connectivity index (χ4v) is 6.64. The summed E-state index contributed by atoms with van der Waals surface area (Å²) in [6.07, 6.45) is -0.112. The zero-order valence-electron chi connectivity index (χ0n) is 16.0. The van der Waals surface area contributed by atoms with E-state index in [1.165, 1.54) is 21.5 Å². The SMILES string of the molecule is C[Si](OC(c1ccccc1)c1ccccc1)(c1ccccc1)c1ccccc1. The average Bonchev–Trinajstić information content (AvgIpc) is 2.80. The van der Waals surface area contributed by atoms with Crippen LogP contribution >= 0.6 is 0 Å². The minimum atomic E-state index is -2.43. The fourth-order valence-electron chi connectivity index (χ4n) is 3.64. The lowest BCUT2D eigenvalue weighted by molar-refractivity contribution is 0.247. The first-order chi connectivity index (χ1) is 13.8. The molecule has 4 aromatic rings. The fraction of sp³-hybridized carbons (Fsp3) is 0.0769. The maximum atomic E-state index is 7.12. The molecule has 0 saturated carbocycles. The molecule has 0 atom stereocenters. The first kappa shape index (κ1) is 18.4. The Morgan fingerprint density at radius 2 is 0.821 bits per heavy atom. The Morgan fingerprint density at radius 1 is 0.500 bits per heavy atom. The first-order valence-electron chi connectivity index (χ1n) is 9.66. The van der Waals surface area contributed by atoms with Gasteiger partial charge in [-0.05, 0) is 28.0 Å². The van der Waals surface area contributed by atoms with E-state index in [2.05, 4.69) is 128 Å². The van der Waals surface area contributed by atoms with E-state index in [-0.39, 0.29) is 6.10 Å². The lowest BCUT2D eigenvalue weighted by atomic mass is 10.0. The van der Waals surface area contributed by atoms with E-state index in [0.29, 0.717) is 0 Å². The third kappa shape index (κ3) is 3.84. The van der Waals surface area contributed by atoms with E-state index >= 15 is 0 Å². The molecule has 0 N–H and O–H groups in total. The number of rotatable bonds is 6. The average molecular weight is 381 g/mol. The highest BCUT2D eigenvalue weighted by atomic mass is 28.4. The van der Waals surface area contributed by atoms with Crippen LogP contribution in [0, 0.1) is 0 Å². The Balaban J connectivity index is 1.84.